The first kappa shape index (κ1) is 15.4. The van der Waals surface area contributed by atoms with E-state index < -0.39 is 0 Å². The molecule has 4 aliphatic carbocycles. The van der Waals surface area contributed by atoms with Crippen LogP contribution < -0.4 is 0 Å². The summed E-state index contributed by atoms with van der Waals surface area (Å²) in [5.41, 5.74) is 3.29. The van der Waals surface area contributed by atoms with E-state index in [1.807, 2.05) is 6.08 Å². The molecule has 0 N–H and O–H groups in total. The van der Waals surface area contributed by atoms with Crippen molar-refractivity contribution in [2.75, 3.05) is 7.11 Å². The summed E-state index contributed by atoms with van der Waals surface area (Å²) in [5, 5.41) is 4.39. The minimum absolute atomic E-state index is 0.249. The maximum Gasteiger partial charge on any atom is 0.155 e. The van der Waals surface area contributed by atoms with Crippen LogP contribution in [0.3, 0.4) is 0 Å². The summed E-state index contributed by atoms with van der Waals surface area (Å²) >= 11 is 0. The molecule has 0 aromatic carbocycles. The van der Waals surface area contributed by atoms with E-state index in [0.29, 0.717) is 5.78 Å². The van der Waals surface area contributed by atoms with Crippen LogP contribution in [0.5, 0.6) is 0 Å². The van der Waals surface area contributed by atoms with E-state index in [-0.39, 0.29) is 10.8 Å². The van der Waals surface area contributed by atoms with E-state index in [4.69, 9.17) is 4.84 Å². The Labute approximate surface area is 139 Å². The first-order valence-electron chi connectivity index (χ1n) is 9.33. The van der Waals surface area contributed by atoms with Crippen molar-refractivity contribution in [3.05, 3.63) is 11.6 Å². The van der Waals surface area contributed by atoms with Gasteiger partial charge in [-0.1, -0.05) is 24.6 Å². The van der Waals surface area contributed by atoms with E-state index in [9.17, 15) is 4.79 Å². The van der Waals surface area contributed by atoms with Crippen molar-refractivity contribution in [2.24, 2.45) is 33.7 Å². The van der Waals surface area contributed by atoms with Gasteiger partial charge in [-0.3, -0.25) is 4.79 Å². The normalized spacial score (nSPS) is 47.6. The lowest BCUT2D eigenvalue weighted by Gasteiger charge is -2.57. The van der Waals surface area contributed by atoms with Crippen LogP contribution in [0, 0.1) is 28.6 Å². The number of carbonyl (C=O) groups is 1. The van der Waals surface area contributed by atoms with E-state index in [0.717, 1.165) is 43.4 Å². The Kier molecular flexibility index (Phi) is 3.48. The molecule has 3 saturated carbocycles. The van der Waals surface area contributed by atoms with Gasteiger partial charge in [-0.2, -0.15) is 0 Å². The Bertz CT molecular complexity index is 592. The monoisotopic (exact) mass is 315 g/mol. The lowest BCUT2D eigenvalue weighted by atomic mass is 9.47. The second kappa shape index (κ2) is 5.19. The number of ketones is 1. The molecule has 0 unspecified atom stereocenters. The second-order valence-electron chi connectivity index (χ2n) is 8.68. The highest BCUT2D eigenvalue weighted by molar-refractivity contribution is 5.92. The predicted octanol–water partition coefficient (Wildman–Crippen LogP) is 4.52. The lowest BCUT2D eigenvalue weighted by Crippen LogP contribution is -2.50. The molecule has 0 aromatic heterocycles. The second-order valence-corrected chi connectivity index (χ2v) is 8.68. The number of oxime groups is 1. The Balaban J connectivity index is 1.67. The first-order chi connectivity index (χ1) is 11.0. The molecule has 0 radical (unpaired) electrons. The van der Waals surface area contributed by atoms with Gasteiger partial charge in [0, 0.05) is 11.8 Å². The zero-order valence-electron chi connectivity index (χ0n) is 14.7. The molecule has 126 valence electrons. The molecule has 4 rings (SSSR count). The molecule has 0 heterocycles. The van der Waals surface area contributed by atoms with Crippen molar-refractivity contribution in [3.63, 3.8) is 0 Å². The molecule has 0 amide bonds. The molecule has 3 heteroatoms. The van der Waals surface area contributed by atoms with Crippen LogP contribution in [-0.4, -0.2) is 18.6 Å². The molecular formula is C20H29NO2. The Morgan fingerprint density at radius 3 is 2.61 bits per heavy atom. The molecule has 3 fully saturated rings. The van der Waals surface area contributed by atoms with Gasteiger partial charge < -0.3 is 4.84 Å². The summed E-state index contributed by atoms with van der Waals surface area (Å²) < 4.78 is 0. The quantitative estimate of drug-likeness (QED) is 0.667. The number of rotatable bonds is 1. The van der Waals surface area contributed by atoms with Crippen molar-refractivity contribution >= 4 is 11.5 Å². The molecule has 5 atom stereocenters. The molecule has 0 spiro atoms. The highest BCUT2D eigenvalue weighted by Gasteiger charge is 2.58. The number of hydrogen-bond donors (Lipinski definition) is 0. The van der Waals surface area contributed by atoms with Gasteiger partial charge in [0.25, 0.3) is 0 Å². The zero-order valence-corrected chi connectivity index (χ0v) is 14.7. The average molecular weight is 315 g/mol. The van der Waals surface area contributed by atoms with Crippen LogP contribution in [0.25, 0.3) is 0 Å². The van der Waals surface area contributed by atoms with Crippen LogP contribution in [0.15, 0.2) is 16.8 Å². The molecule has 0 aliphatic heterocycles. The minimum atomic E-state index is 0.249. The fourth-order valence-corrected chi connectivity index (χ4v) is 6.61. The zero-order chi connectivity index (χ0) is 16.2. The van der Waals surface area contributed by atoms with Crippen molar-refractivity contribution in [2.45, 2.75) is 65.2 Å². The topological polar surface area (TPSA) is 38.7 Å². The third-order valence-electron chi connectivity index (χ3n) is 7.90. The standard InChI is InChI=1S/C20H29NO2/c1-19-10-8-14(22)12-13(19)4-5-15-16-6-7-18(21-23-3)20(16,2)11-9-17(15)19/h12,15-17H,4-11H2,1-3H3/b21-18-/t15-,16-,17-,19-,20-/m0/s1. The molecule has 3 nitrogen and oxygen atoms in total. The third-order valence-corrected chi connectivity index (χ3v) is 7.90. The van der Waals surface area contributed by atoms with Gasteiger partial charge in [-0.05, 0) is 74.2 Å². The van der Waals surface area contributed by atoms with E-state index in [1.54, 1.807) is 7.11 Å². The molecule has 0 bridgehead atoms. The van der Waals surface area contributed by atoms with Crippen molar-refractivity contribution in [3.8, 4) is 0 Å². The average Bonchev–Trinajstić information content (AvgIpc) is 2.85. The lowest BCUT2D eigenvalue weighted by molar-refractivity contribution is -0.117. The van der Waals surface area contributed by atoms with Gasteiger partial charge in [0.1, 0.15) is 7.11 Å². The van der Waals surface area contributed by atoms with E-state index >= 15 is 0 Å². The maximum atomic E-state index is 11.9. The summed E-state index contributed by atoms with van der Waals surface area (Å²) in [7, 11) is 1.67. The third kappa shape index (κ3) is 2.08. The largest absolute Gasteiger partial charge is 0.399 e. The molecule has 0 aromatic rings. The van der Waals surface area contributed by atoms with E-state index in [2.05, 4.69) is 19.0 Å². The van der Waals surface area contributed by atoms with Gasteiger partial charge in [0.2, 0.25) is 0 Å². The van der Waals surface area contributed by atoms with Crippen LogP contribution in [0.2, 0.25) is 0 Å². The molecule has 0 saturated heterocycles. The Hall–Kier alpha value is -1.12. The van der Waals surface area contributed by atoms with Gasteiger partial charge in [-0.25, -0.2) is 0 Å². The van der Waals surface area contributed by atoms with Gasteiger partial charge in [0.05, 0.1) is 5.71 Å². The van der Waals surface area contributed by atoms with Gasteiger partial charge >= 0.3 is 0 Å². The Morgan fingerprint density at radius 1 is 1.04 bits per heavy atom. The summed E-state index contributed by atoms with van der Waals surface area (Å²) in [6.07, 6.45) is 11.1. The van der Waals surface area contributed by atoms with Gasteiger partial charge in [0.15, 0.2) is 5.78 Å². The summed E-state index contributed by atoms with van der Waals surface area (Å²) in [5.74, 6) is 2.67. The molecule has 23 heavy (non-hydrogen) atoms. The SMILES string of the molecule is CO/N=C1/CC[C@H]2[C@@H]3CCC4=CC(=O)CC[C@]4(C)[C@H]3CC[C@]12C. The summed E-state index contributed by atoms with van der Waals surface area (Å²) in [6.45, 7) is 4.88. The highest BCUT2D eigenvalue weighted by Crippen LogP contribution is 2.64. The fourth-order valence-electron chi connectivity index (χ4n) is 6.61. The highest BCUT2D eigenvalue weighted by atomic mass is 16.6. The number of allylic oxidation sites excluding steroid dienone is 1. The van der Waals surface area contributed by atoms with Crippen molar-refractivity contribution in [1.82, 2.24) is 0 Å². The summed E-state index contributed by atoms with van der Waals surface area (Å²) in [4.78, 5) is 17.0. The number of hydrogen-bond acceptors (Lipinski definition) is 3. The van der Waals surface area contributed by atoms with Gasteiger partial charge in [-0.15, -0.1) is 0 Å². The Morgan fingerprint density at radius 2 is 1.83 bits per heavy atom. The molecule has 4 aliphatic rings. The molecular weight excluding hydrogens is 286 g/mol. The van der Waals surface area contributed by atoms with Crippen LogP contribution in [0.1, 0.15) is 65.2 Å². The number of nitrogens with zero attached hydrogens (tertiary/aromatic N) is 1. The minimum Gasteiger partial charge on any atom is -0.399 e. The van der Waals surface area contributed by atoms with Crippen molar-refractivity contribution in [1.29, 1.82) is 0 Å². The first-order valence-corrected chi connectivity index (χ1v) is 9.33. The van der Waals surface area contributed by atoms with E-state index in [1.165, 1.54) is 37.0 Å². The van der Waals surface area contributed by atoms with Crippen LogP contribution in [0.4, 0.5) is 0 Å². The summed E-state index contributed by atoms with van der Waals surface area (Å²) in [6, 6.07) is 0. The fraction of sp³-hybridized carbons (Fsp3) is 0.800. The number of carbonyl (C=O) groups excluding carboxylic acids is 1. The van der Waals surface area contributed by atoms with Crippen LogP contribution in [-0.2, 0) is 9.63 Å². The maximum absolute atomic E-state index is 11.9. The predicted molar refractivity (Wildman–Crippen MR) is 91.2 cm³/mol. The number of fused-ring (bicyclic) bond motifs is 5. The smallest absolute Gasteiger partial charge is 0.155 e. The van der Waals surface area contributed by atoms with Crippen LogP contribution >= 0.6 is 0 Å². The van der Waals surface area contributed by atoms with Crippen molar-refractivity contribution < 1.29 is 9.63 Å².